The highest BCUT2D eigenvalue weighted by Crippen LogP contribution is 2.36. The van der Waals surface area contributed by atoms with Crippen LogP contribution in [0.1, 0.15) is 23.2 Å². The number of amides is 1. The largest absolute Gasteiger partial charge is 0.302 e. The maximum Gasteiger partial charge on any atom is 0.299 e. The third-order valence-electron chi connectivity index (χ3n) is 2.78. The Kier molecular flexibility index (Phi) is 3.88. The Morgan fingerprint density at radius 3 is 2.61 bits per heavy atom. The van der Waals surface area contributed by atoms with Gasteiger partial charge in [-0.15, -0.1) is 11.6 Å². The van der Waals surface area contributed by atoms with Crippen LogP contribution in [0, 0.1) is 5.82 Å². The van der Waals surface area contributed by atoms with Crippen LogP contribution in [0.25, 0.3) is 0 Å². The number of Topliss-reactive ketones (excluding diaryl/α,β-unsaturated/α-hetero) is 1. The van der Waals surface area contributed by atoms with Crippen LogP contribution in [-0.2, 0) is 4.79 Å². The summed E-state index contributed by atoms with van der Waals surface area (Å²) in [4.78, 5) is 24.7. The Labute approximate surface area is 113 Å². The predicted octanol–water partition coefficient (Wildman–Crippen LogP) is 3.03. The van der Waals surface area contributed by atoms with Crippen molar-refractivity contribution in [1.82, 2.24) is 0 Å². The molecule has 0 aliphatic carbocycles. The van der Waals surface area contributed by atoms with Crippen LogP contribution >= 0.6 is 23.2 Å². The number of nitrogens with zero attached hydrogens (tertiary/aromatic N) is 1. The van der Waals surface area contributed by atoms with Gasteiger partial charge in [0, 0.05) is 12.4 Å². The molecule has 0 atom stereocenters. The zero-order chi connectivity index (χ0) is 13.3. The number of carbonyl (C=O) groups is 2. The number of rotatable bonds is 4. The molecule has 1 heterocycles. The summed E-state index contributed by atoms with van der Waals surface area (Å²) < 4.78 is 13.7. The molecular weight excluding hydrogens is 280 g/mol. The second-order valence-electron chi connectivity index (χ2n) is 3.93. The molecule has 0 saturated heterocycles. The summed E-state index contributed by atoms with van der Waals surface area (Å²) in [7, 11) is 0. The topological polar surface area (TPSA) is 37.4 Å². The summed E-state index contributed by atoms with van der Waals surface area (Å²) >= 11 is 11.4. The summed E-state index contributed by atoms with van der Waals surface area (Å²) in [5.41, 5.74) is -0.0420. The summed E-state index contributed by atoms with van der Waals surface area (Å²) in [6.07, 6.45) is 1.30. The third kappa shape index (κ3) is 2.10. The molecule has 6 heteroatoms. The van der Waals surface area contributed by atoms with Crippen LogP contribution in [0.4, 0.5) is 10.1 Å². The van der Waals surface area contributed by atoms with Gasteiger partial charge in [0.25, 0.3) is 11.7 Å². The normalized spacial score (nSPS) is 14.3. The lowest BCUT2D eigenvalue weighted by atomic mass is 10.1. The molecule has 0 radical (unpaired) electrons. The van der Waals surface area contributed by atoms with Crippen LogP contribution in [0.2, 0.25) is 5.02 Å². The van der Waals surface area contributed by atoms with E-state index in [-0.39, 0.29) is 22.8 Å². The van der Waals surface area contributed by atoms with Crippen molar-refractivity contribution >= 4 is 40.6 Å². The Balaban J connectivity index is 2.39. The molecule has 3 nitrogen and oxygen atoms in total. The van der Waals surface area contributed by atoms with Gasteiger partial charge in [0.2, 0.25) is 0 Å². The molecule has 1 aliphatic rings. The van der Waals surface area contributed by atoms with Crippen molar-refractivity contribution in [3.05, 3.63) is 28.5 Å². The standard InChI is InChI=1S/C12H10Cl2FNO2/c13-5-1-2-6-16-10-8(15)4-3-7(14)9(10)11(17)12(16)18/h3-4H,1-2,5-6H2. The van der Waals surface area contributed by atoms with E-state index in [2.05, 4.69) is 0 Å². The van der Waals surface area contributed by atoms with Crippen LogP contribution in [0.15, 0.2) is 12.1 Å². The maximum absolute atomic E-state index is 13.7. The van der Waals surface area contributed by atoms with Gasteiger partial charge < -0.3 is 4.90 Å². The number of halogens is 3. The van der Waals surface area contributed by atoms with E-state index in [9.17, 15) is 14.0 Å². The average molecular weight is 290 g/mol. The molecule has 0 bridgehead atoms. The number of hydrogen-bond acceptors (Lipinski definition) is 2. The van der Waals surface area contributed by atoms with Crippen molar-refractivity contribution < 1.29 is 14.0 Å². The summed E-state index contributed by atoms with van der Waals surface area (Å²) in [6, 6.07) is 2.44. The maximum atomic E-state index is 13.7. The van der Waals surface area contributed by atoms with Crippen LogP contribution in [0.3, 0.4) is 0 Å². The molecule has 1 aromatic carbocycles. The number of ketones is 1. The Morgan fingerprint density at radius 1 is 1.22 bits per heavy atom. The number of fused-ring (bicyclic) bond motifs is 1. The Morgan fingerprint density at radius 2 is 1.94 bits per heavy atom. The quantitative estimate of drug-likeness (QED) is 0.485. The molecule has 0 saturated carbocycles. The molecule has 0 spiro atoms. The molecule has 1 aliphatic heterocycles. The minimum Gasteiger partial charge on any atom is -0.302 e. The van der Waals surface area contributed by atoms with Gasteiger partial charge in [-0.05, 0) is 25.0 Å². The van der Waals surface area contributed by atoms with Crippen molar-refractivity contribution in [2.24, 2.45) is 0 Å². The van der Waals surface area contributed by atoms with Crippen LogP contribution in [-0.4, -0.2) is 24.1 Å². The van der Waals surface area contributed by atoms with Gasteiger partial charge in [0.15, 0.2) is 0 Å². The summed E-state index contributed by atoms with van der Waals surface area (Å²) in [5.74, 6) is -1.63. The van der Waals surface area contributed by atoms with Crippen molar-refractivity contribution in [3.63, 3.8) is 0 Å². The molecule has 0 fully saturated rings. The van der Waals surface area contributed by atoms with Crippen molar-refractivity contribution in [2.75, 3.05) is 17.3 Å². The lowest BCUT2D eigenvalue weighted by Crippen LogP contribution is -2.31. The molecule has 0 N–H and O–H groups in total. The molecule has 2 rings (SSSR count). The highest BCUT2D eigenvalue weighted by Gasteiger charge is 2.39. The zero-order valence-corrected chi connectivity index (χ0v) is 10.9. The van der Waals surface area contributed by atoms with E-state index in [1.807, 2.05) is 0 Å². The second-order valence-corrected chi connectivity index (χ2v) is 4.72. The van der Waals surface area contributed by atoms with Crippen LogP contribution in [0.5, 0.6) is 0 Å². The van der Waals surface area contributed by atoms with E-state index >= 15 is 0 Å². The highest BCUT2D eigenvalue weighted by molar-refractivity contribution is 6.55. The van der Waals surface area contributed by atoms with E-state index in [4.69, 9.17) is 23.2 Å². The van der Waals surface area contributed by atoms with Gasteiger partial charge in [0.05, 0.1) is 16.3 Å². The minimum atomic E-state index is -0.750. The predicted molar refractivity (Wildman–Crippen MR) is 68.0 cm³/mol. The number of unbranched alkanes of at least 4 members (excludes halogenated alkanes) is 1. The number of alkyl halides is 1. The van der Waals surface area contributed by atoms with E-state index < -0.39 is 17.5 Å². The fraction of sp³-hybridized carbons (Fsp3) is 0.333. The summed E-state index contributed by atoms with van der Waals surface area (Å²) in [6.45, 7) is 0.265. The monoisotopic (exact) mass is 289 g/mol. The van der Waals surface area contributed by atoms with Gasteiger partial charge in [0.1, 0.15) is 5.82 Å². The molecule has 1 aromatic rings. The first-order valence-electron chi connectivity index (χ1n) is 5.48. The Hall–Kier alpha value is -1.13. The van der Waals surface area contributed by atoms with Gasteiger partial charge in [-0.3, -0.25) is 9.59 Å². The van der Waals surface area contributed by atoms with E-state index in [0.717, 1.165) is 11.0 Å². The molecule has 0 aromatic heterocycles. The first-order chi connectivity index (χ1) is 8.57. The molecule has 18 heavy (non-hydrogen) atoms. The minimum absolute atomic E-state index is 0.00734. The first-order valence-corrected chi connectivity index (χ1v) is 6.39. The van der Waals surface area contributed by atoms with Gasteiger partial charge in [-0.2, -0.15) is 0 Å². The second kappa shape index (κ2) is 5.24. The zero-order valence-electron chi connectivity index (χ0n) is 9.38. The average Bonchev–Trinajstić information content (AvgIpc) is 2.60. The fourth-order valence-corrected chi connectivity index (χ4v) is 2.36. The lowest BCUT2D eigenvalue weighted by molar-refractivity contribution is -0.114. The van der Waals surface area contributed by atoms with Crippen molar-refractivity contribution in [3.8, 4) is 0 Å². The lowest BCUT2D eigenvalue weighted by Gasteiger charge is -2.16. The van der Waals surface area contributed by atoms with Crippen LogP contribution < -0.4 is 4.90 Å². The van der Waals surface area contributed by atoms with E-state index in [1.54, 1.807) is 0 Å². The SMILES string of the molecule is O=C1C(=O)N(CCCCCl)c2c(F)ccc(Cl)c21. The van der Waals surface area contributed by atoms with E-state index in [1.165, 1.54) is 6.07 Å². The highest BCUT2D eigenvalue weighted by atomic mass is 35.5. The smallest absolute Gasteiger partial charge is 0.299 e. The molecule has 0 unspecified atom stereocenters. The first kappa shape index (κ1) is 13.3. The Bertz CT molecular complexity index is 519. The van der Waals surface area contributed by atoms with Gasteiger partial charge in [-0.25, -0.2) is 4.39 Å². The number of benzene rings is 1. The van der Waals surface area contributed by atoms with E-state index in [0.29, 0.717) is 18.7 Å². The summed E-state index contributed by atoms with van der Waals surface area (Å²) in [5, 5.41) is 0.101. The third-order valence-corrected chi connectivity index (χ3v) is 3.36. The van der Waals surface area contributed by atoms with Gasteiger partial charge >= 0.3 is 0 Å². The number of carbonyl (C=O) groups excluding carboxylic acids is 2. The van der Waals surface area contributed by atoms with Crippen molar-refractivity contribution in [1.29, 1.82) is 0 Å². The number of hydrogen-bond donors (Lipinski definition) is 0. The molecule has 1 amide bonds. The molecular formula is C12H10Cl2FNO2. The van der Waals surface area contributed by atoms with Crippen molar-refractivity contribution in [2.45, 2.75) is 12.8 Å². The van der Waals surface area contributed by atoms with Gasteiger partial charge in [-0.1, -0.05) is 11.6 Å². The fourth-order valence-electron chi connectivity index (χ4n) is 1.93. The molecule has 96 valence electrons. The number of anilines is 1.